The van der Waals surface area contributed by atoms with Crippen molar-refractivity contribution in [2.75, 3.05) is 0 Å². The number of thiophene rings is 1. The van der Waals surface area contributed by atoms with Gasteiger partial charge in [0.1, 0.15) is 11.2 Å². The maximum atomic E-state index is 6.90. The minimum atomic E-state index is 0.651. The van der Waals surface area contributed by atoms with Crippen molar-refractivity contribution >= 4 is 125 Å². The van der Waals surface area contributed by atoms with Crippen LogP contribution in [0.1, 0.15) is 23.6 Å². The van der Waals surface area contributed by atoms with E-state index in [0.717, 1.165) is 77.7 Å². The minimum Gasteiger partial charge on any atom is -0.456 e. The van der Waals surface area contributed by atoms with Crippen molar-refractivity contribution in [3.8, 4) is 5.69 Å². The molecule has 0 fully saturated rings. The summed E-state index contributed by atoms with van der Waals surface area (Å²) in [7, 11) is 0. The van der Waals surface area contributed by atoms with Crippen LogP contribution in [0.5, 0.6) is 0 Å². The van der Waals surface area contributed by atoms with Crippen LogP contribution in [0.4, 0.5) is 0 Å². The molecule has 66 heavy (non-hydrogen) atoms. The molecule has 0 saturated carbocycles. The van der Waals surface area contributed by atoms with Crippen LogP contribution in [0.25, 0.3) is 108 Å². The van der Waals surface area contributed by atoms with Gasteiger partial charge in [0, 0.05) is 64.5 Å². The first-order valence-electron chi connectivity index (χ1n) is 22.4. The van der Waals surface area contributed by atoms with Crippen molar-refractivity contribution in [2.45, 2.75) is 6.92 Å². The first-order chi connectivity index (χ1) is 32.6. The van der Waals surface area contributed by atoms with Gasteiger partial charge in [0.2, 0.25) is 0 Å². The van der Waals surface area contributed by atoms with E-state index in [1.54, 1.807) is 0 Å². The summed E-state index contributed by atoms with van der Waals surface area (Å²) < 4.78 is 11.9. The van der Waals surface area contributed by atoms with Crippen molar-refractivity contribution < 1.29 is 4.42 Å². The number of hydrogen-bond acceptors (Lipinski definition) is 4. The van der Waals surface area contributed by atoms with E-state index in [1.165, 1.54) is 57.9 Å². The Hall–Kier alpha value is -8.38. The maximum Gasteiger partial charge on any atom is 0.160 e. The second-order valence-electron chi connectivity index (χ2n) is 17.4. The van der Waals surface area contributed by atoms with Crippen LogP contribution < -0.4 is 0 Å². The average Bonchev–Trinajstić information content (AvgIpc) is 4.01. The molecule has 0 spiro atoms. The van der Waals surface area contributed by atoms with Gasteiger partial charge in [-0.3, -0.25) is 0 Å². The van der Waals surface area contributed by atoms with Gasteiger partial charge in [-0.15, -0.1) is 11.3 Å². The van der Waals surface area contributed by atoms with Crippen LogP contribution in [0.15, 0.2) is 226 Å². The molecular formula is C61H37N3OS. The van der Waals surface area contributed by atoms with Gasteiger partial charge in [0.05, 0.1) is 28.1 Å². The quantitative estimate of drug-likeness (QED) is 0.174. The second-order valence-corrected chi connectivity index (χ2v) is 18.5. The monoisotopic (exact) mass is 859 g/mol. The third kappa shape index (κ3) is 5.77. The molecule has 14 rings (SSSR count). The largest absolute Gasteiger partial charge is 0.456 e. The van der Waals surface area contributed by atoms with E-state index in [4.69, 9.17) is 14.4 Å². The molecule has 0 bridgehead atoms. The third-order valence-electron chi connectivity index (χ3n) is 13.5. The summed E-state index contributed by atoms with van der Waals surface area (Å²) in [5, 5.41) is 14.0. The van der Waals surface area contributed by atoms with Gasteiger partial charge in [-0.05, 0) is 118 Å². The lowest BCUT2D eigenvalue weighted by Gasteiger charge is -2.18. The fourth-order valence-electron chi connectivity index (χ4n) is 10.2. The molecule has 10 aromatic carbocycles. The number of benzene rings is 10. The molecular weight excluding hydrogens is 823 g/mol. The summed E-state index contributed by atoms with van der Waals surface area (Å²) in [6.45, 7) is 2.18. The lowest BCUT2D eigenvalue weighted by molar-refractivity contribution is 0.669. The number of aromatic nitrogens is 1. The summed E-state index contributed by atoms with van der Waals surface area (Å²) >= 11 is 1.82. The van der Waals surface area contributed by atoms with Gasteiger partial charge in [0.15, 0.2) is 5.84 Å². The molecule has 308 valence electrons. The molecule has 1 aliphatic heterocycles. The standard InChI is InChI=1S/C61H37N3OS/c1-36-23-25-52(37-13-3-2-4-14-37)62-61(44-24-26-59-50(30-44)45-21-11-12-22-58(45)66-59)63-60(36)51-34-49-48-29-40-17-7-10-20-43(40)33-56(48)65-57(49)35-55(51)64-53-31-41-18-8-5-15-38(41)27-46(53)47-28-39-16-6-9-19-42(39)32-54(47)64/h2-35H,1H3/b25-23?,36-23?,52-25+,60-36?,62-52?,62-61?,63-60?,63-61?. The minimum absolute atomic E-state index is 0.651. The van der Waals surface area contributed by atoms with Gasteiger partial charge < -0.3 is 8.98 Å². The van der Waals surface area contributed by atoms with Gasteiger partial charge in [-0.25, -0.2) is 9.98 Å². The first kappa shape index (κ1) is 37.0. The van der Waals surface area contributed by atoms with E-state index in [0.29, 0.717) is 5.84 Å². The van der Waals surface area contributed by atoms with Crippen LogP contribution in [-0.2, 0) is 0 Å². The normalized spacial score (nSPS) is 14.4. The van der Waals surface area contributed by atoms with Crippen LogP contribution in [0, 0.1) is 0 Å². The molecule has 13 aromatic rings. The molecule has 0 atom stereocenters. The highest BCUT2D eigenvalue weighted by Gasteiger charge is 2.24. The predicted molar refractivity (Wildman–Crippen MR) is 281 cm³/mol. The number of nitrogens with zero attached hydrogens (tertiary/aromatic N) is 3. The van der Waals surface area contributed by atoms with Gasteiger partial charge >= 0.3 is 0 Å². The Kier molecular flexibility index (Phi) is 8.03. The Bertz CT molecular complexity index is 4250. The first-order valence-corrected chi connectivity index (χ1v) is 23.2. The molecule has 3 aromatic heterocycles. The molecule has 4 nitrogen and oxygen atoms in total. The van der Waals surface area contributed by atoms with Crippen molar-refractivity contribution in [1.82, 2.24) is 4.57 Å². The van der Waals surface area contributed by atoms with Gasteiger partial charge in [0.25, 0.3) is 0 Å². The van der Waals surface area contributed by atoms with Crippen LogP contribution >= 0.6 is 11.3 Å². The topological polar surface area (TPSA) is 42.8 Å². The van der Waals surface area contributed by atoms with E-state index in [2.05, 4.69) is 212 Å². The highest BCUT2D eigenvalue weighted by molar-refractivity contribution is 7.25. The fraction of sp³-hybridized carbons (Fsp3) is 0.0164. The molecule has 0 saturated heterocycles. The highest BCUT2D eigenvalue weighted by Crippen LogP contribution is 2.42. The molecule has 0 radical (unpaired) electrons. The summed E-state index contributed by atoms with van der Waals surface area (Å²) in [6.07, 6.45) is 4.33. The van der Waals surface area contributed by atoms with E-state index in [9.17, 15) is 0 Å². The molecule has 5 heteroatoms. The van der Waals surface area contributed by atoms with E-state index in [1.807, 2.05) is 17.4 Å². The molecule has 0 amide bonds. The number of fused-ring (bicyclic) bond motifs is 12. The number of amidine groups is 1. The lowest BCUT2D eigenvalue weighted by Crippen LogP contribution is -2.13. The number of allylic oxidation sites excluding steroid dienone is 3. The summed E-state index contributed by atoms with van der Waals surface area (Å²) in [4.78, 5) is 11.3. The third-order valence-corrected chi connectivity index (χ3v) is 14.6. The number of aliphatic imine (C=N–C) groups is 2. The molecule has 0 unspecified atom stereocenters. The zero-order valence-corrected chi connectivity index (χ0v) is 36.6. The van der Waals surface area contributed by atoms with Crippen molar-refractivity contribution in [3.63, 3.8) is 0 Å². The van der Waals surface area contributed by atoms with Crippen molar-refractivity contribution in [3.05, 3.63) is 229 Å². The SMILES string of the molecule is CC1=C/C=C(\c2ccccc2)N=C(c2ccc3sc4ccccc4c3c2)N=C1c1cc2c(cc1-n1c3cc4ccccc4cc3c3cc4ccccc4cc31)oc1cc3ccccc3cc12. The van der Waals surface area contributed by atoms with Crippen molar-refractivity contribution in [2.24, 2.45) is 9.98 Å². The van der Waals surface area contributed by atoms with Crippen molar-refractivity contribution in [1.29, 1.82) is 0 Å². The van der Waals surface area contributed by atoms with E-state index < -0.39 is 0 Å². The summed E-state index contributed by atoms with van der Waals surface area (Å²) in [5.74, 6) is 0.651. The second kappa shape index (κ2) is 14.3. The van der Waals surface area contributed by atoms with Crippen LogP contribution in [-0.4, -0.2) is 16.1 Å². The molecule has 4 heterocycles. The summed E-state index contributed by atoms with van der Waals surface area (Å²) in [5.41, 5.74) is 10.6. The van der Waals surface area contributed by atoms with E-state index in [-0.39, 0.29) is 0 Å². The van der Waals surface area contributed by atoms with E-state index >= 15 is 0 Å². The predicted octanol–water partition coefficient (Wildman–Crippen LogP) is 16.7. The number of rotatable bonds is 4. The maximum absolute atomic E-state index is 6.90. The Labute approximate surface area is 383 Å². The van der Waals surface area contributed by atoms with Gasteiger partial charge in [-0.1, -0.05) is 127 Å². The van der Waals surface area contributed by atoms with Gasteiger partial charge in [-0.2, -0.15) is 0 Å². The molecule has 0 N–H and O–H groups in total. The Morgan fingerprint density at radius 1 is 0.424 bits per heavy atom. The lowest BCUT2D eigenvalue weighted by atomic mass is 9.96. The molecule has 0 aliphatic carbocycles. The van der Waals surface area contributed by atoms with Crippen LogP contribution in [0.3, 0.4) is 0 Å². The number of hydrogen-bond donors (Lipinski definition) is 0. The Morgan fingerprint density at radius 2 is 0.985 bits per heavy atom. The molecule has 1 aliphatic rings. The highest BCUT2D eigenvalue weighted by atomic mass is 32.1. The smallest absolute Gasteiger partial charge is 0.160 e. The Balaban J connectivity index is 1.11. The fourth-order valence-corrected chi connectivity index (χ4v) is 11.3. The zero-order valence-electron chi connectivity index (χ0n) is 35.8. The summed E-state index contributed by atoms with van der Waals surface area (Å²) in [6, 6.07) is 70.0. The Morgan fingerprint density at radius 3 is 1.68 bits per heavy atom. The average molecular weight is 860 g/mol. The zero-order chi connectivity index (χ0) is 43.5. The van der Waals surface area contributed by atoms with Crippen LogP contribution in [0.2, 0.25) is 0 Å². The number of furan rings is 1.